The molecule has 0 radical (unpaired) electrons. The van der Waals surface area contributed by atoms with E-state index in [1.165, 1.54) is 18.0 Å². The highest BCUT2D eigenvalue weighted by Gasteiger charge is 2.18. The molecular formula is C13H16N4O3S. The number of nitrogens with one attached hydrogen (secondary N) is 1. The van der Waals surface area contributed by atoms with Gasteiger partial charge in [-0.1, -0.05) is 16.9 Å². The van der Waals surface area contributed by atoms with E-state index in [-0.39, 0.29) is 12.2 Å². The minimum Gasteiger partial charge on any atom is -0.462 e. The van der Waals surface area contributed by atoms with Crippen LogP contribution < -0.4 is 5.32 Å². The molecule has 0 aliphatic rings. The van der Waals surface area contributed by atoms with Crippen molar-refractivity contribution in [3.8, 4) is 0 Å². The summed E-state index contributed by atoms with van der Waals surface area (Å²) < 4.78 is 10.2. The van der Waals surface area contributed by atoms with Crippen molar-refractivity contribution in [1.29, 1.82) is 0 Å². The summed E-state index contributed by atoms with van der Waals surface area (Å²) in [7, 11) is 0. The molecule has 0 saturated carbocycles. The second kappa shape index (κ2) is 6.57. The van der Waals surface area contributed by atoms with Gasteiger partial charge in [0.25, 0.3) is 0 Å². The van der Waals surface area contributed by atoms with E-state index >= 15 is 0 Å². The first-order valence-corrected chi connectivity index (χ1v) is 7.57. The highest BCUT2D eigenvalue weighted by Crippen LogP contribution is 2.25. The van der Waals surface area contributed by atoms with E-state index in [9.17, 15) is 4.79 Å². The van der Waals surface area contributed by atoms with Crippen molar-refractivity contribution in [3.63, 3.8) is 0 Å². The van der Waals surface area contributed by atoms with Crippen molar-refractivity contribution < 1.29 is 14.1 Å². The smallest absolute Gasteiger partial charge is 0.343 e. The lowest BCUT2D eigenvalue weighted by molar-refractivity contribution is 0.0526. The Kier molecular flexibility index (Phi) is 4.79. The molecule has 0 spiro atoms. The van der Waals surface area contributed by atoms with Crippen LogP contribution >= 0.6 is 11.8 Å². The Bertz CT molecular complexity index is 657. The summed E-state index contributed by atoms with van der Waals surface area (Å²) in [5, 5.41) is 7.39. The molecule has 2 rings (SSSR count). The standard InChI is InChI=1S/C13H16N4O3S/c1-5-19-12(18)9-6-14-13(21-4)16-10(9)15-11-7(2)8(3)17-20-11/h6H,5H2,1-4H3,(H,14,15,16). The van der Waals surface area contributed by atoms with Crippen molar-refractivity contribution in [1.82, 2.24) is 15.1 Å². The Morgan fingerprint density at radius 3 is 2.81 bits per heavy atom. The van der Waals surface area contributed by atoms with Crippen LogP contribution in [0.25, 0.3) is 0 Å². The molecule has 21 heavy (non-hydrogen) atoms. The van der Waals surface area contributed by atoms with Crippen molar-refractivity contribution >= 4 is 29.4 Å². The molecule has 7 nitrogen and oxygen atoms in total. The third-order valence-corrected chi connectivity index (χ3v) is 3.40. The third kappa shape index (κ3) is 3.33. The lowest BCUT2D eigenvalue weighted by atomic mass is 10.2. The fourth-order valence-electron chi connectivity index (χ4n) is 1.56. The molecule has 0 saturated heterocycles. The lowest BCUT2D eigenvalue weighted by Gasteiger charge is -2.09. The molecule has 0 amide bonds. The number of carbonyl (C=O) groups is 1. The number of thioether (sulfide) groups is 1. The van der Waals surface area contributed by atoms with Gasteiger partial charge in [0.2, 0.25) is 5.88 Å². The summed E-state index contributed by atoms with van der Waals surface area (Å²) in [5.74, 6) is 0.303. The number of carbonyl (C=O) groups excluding carboxylic acids is 1. The SMILES string of the molecule is CCOC(=O)c1cnc(SC)nc1Nc1onc(C)c1C. The fourth-order valence-corrected chi connectivity index (χ4v) is 1.90. The first-order chi connectivity index (χ1) is 10.1. The number of esters is 1. The molecular weight excluding hydrogens is 292 g/mol. The molecule has 2 aromatic heterocycles. The zero-order chi connectivity index (χ0) is 15.4. The van der Waals surface area contributed by atoms with Crippen LogP contribution in [0.1, 0.15) is 28.5 Å². The van der Waals surface area contributed by atoms with E-state index in [4.69, 9.17) is 9.26 Å². The third-order valence-electron chi connectivity index (χ3n) is 2.83. The molecule has 0 fully saturated rings. The molecule has 2 aromatic rings. The summed E-state index contributed by atoms with van der Waals surface area (Å²) in [6, 6.07) is 0. The van der Waals surface area contributed by atoms with Crippen LogP contribution in [0.2, 0.25) is 0 Å². The predicted molar refractivity (Wildman–Crippen MR) is 79.0 cm³/mol. The topological polar surface area (TPSA) is 90.1 Å². The molecule has 0 unspecified atom stereocenters. The summed E-state index contributed by atoms with van der Waals surface area (Å²) in [5.41, 5.74) is 1.88. The second-order valence-corrected chi connectivity index (χ2v) is 4.96. The fraction of sp³-hybridized carbons (Fsp3) is 0.385. The van der Waals surface area contributed by atoms with Crippen LogP contribution in [0.4, 0.5) is 11.7 Å². The maximum atomic E-state index is 12.0. The number of ether oxygens (including phenoxy) is 1. The van der Waals surface area contributed by atoms with Crippen molar-refractivity contribution in [3.05, 3.63) is 23.0 Å². The van der Waals surface area contributed by atoms with E-state index in [1.54, 1.807) is 6.92 Å². The molecule has 0 aliphatic carbocycles. The van der Waals surface area contributed by atoms with Gasteiger partial charge in [0.05, 0.1) is 12.3 Å². The van der Waals surface area contributed by atoms with Crippen LogP contribution in [0.15, 0.2) is 15.9 Å². The Morgan fingerprint density at radius 1 is 1.48 bits per heavy atom. The van der Waals surface area contributed by atoms with Gasteiger partial charge in [0.1, 0.15) is 5.56 Å². The van der Waals surface area contributed by atoms with E-state index in [2.05, 4.69) is 20.4 Å². The van der Waals surface area contributed by atoms with Gasteiger partial charge in [-0.25, -0.2) is 14.8 Å². The van der Waals surface area contributed by atoms with Crippen molar-refractivity contribution in [2.45, 2.75) is 25.9 Å². The second-order valence-electron chi connectivity index (χ2n) is 4.19. The number of hydrogen-bond donors (Lipinski definition) is 1. The highest BCUT2D eigenvalue weighted by molar-refractivity contribution is 7.98. The maximum Gasteiger partial charge on any atom is 0.343 e. The van der Waals surface area contributed by atoms with Gasteiger partial charge in [-0.2, -0.15) is 0 Å². The number of aryl methyl sites for hydroxylation is 1. The molecule has 2 heterocycles. The van der Waals surface area contributed by atoms with Gasteiger partial charge < -0.3 is 14.6 Å². The highest BCUT2D eigenvalue weighted by atomic mass is 32.2. The van der Waals surface area contributed by atoms with Crippen LogP contribution in [-0.4, -0.2) is 34.0 Å². The van der Waals surface area contributed by atoms with Gasteiger partial charge in [-0.05, 0) is 27.0 Å². The summed E-state index contributed by atoms with van der Waals surface area (Å²) in [6.45, 7) is 5.73. The van der Waals surface area contributed by atoms with Gasteiger partial charge in [-0.15, -0.1) is 0 Å². The minimum absolute atomic E-state index is 0.253. The van der Waals surface area contributed by atoms with Gasteiger partial charge in [0.15, 0.2) is 11.0 Å². The average molecular weight is 308 g/mol. The maximum absolute atomic E-state index is 12.0. The Hall–Kier alpha value is -2.09. The first-order valence-electron chi connectivity index (χ1n) is 6.34. The van der Waals surface area contributed by atoms with Crippen LogP contribution in [0, 0.1) is 13.8 Å². The minimum atomic E-state index is -0.485. The number of nitrogens with zero attached hydrogens (tertiary/aromatic N) is 3. The number of aromatic nitrogens is 3. The van der Waals surface area contributed by atoms with Crippen LogP contribution in [0.5, 0.6) is 0 Å². The normalized spacial score (nSPS) is 10.5. The molecule has 0 aromatic carbocycles. The summed E-state index contributed by atoms with van der Waals surface area (Å²) in [6.07, 6.45) is 3.30. The summed E-state index contributed by atoms with van der Waals surface area (Å²) >= 11 is 1.38. The Morgan fingerprint density at radius 2 is 2.24 bits per heavy atom. The molecule has 0 atom stereocenters. The molecule has 1 N–H and O–H groups in total. The van der Waals surface area contributed by atoms with E-state index in [1.807, 2.05) is 20.1 Å². The van der Waals surface area contributed by atoms with Crippen LogP contribution in [-0.2, 0) is 4.74 Å². The van der Waals surface area contributed by atoms with Crippen LogP contribution in [0.3, 0.4) is 0 Å². The molecule has 0 aliphatic heterocycles. The predicted octanol–water partition coefficient (Wildman–Crippen LogP) is 2.72. The lowest BCUT2D eigenvalue weighted by Crippen LogP contribution is -2.10. The molecule has 8 heteroatoms. The van der Waals surface area contributed by atoms with E-state index in [0.29, 0.717) is 16.9 Å². The zero-order valence-electron chi connectivity index (χ0n) is 12.3. The van der Waals surface area contributed by atoms with Crippen molar-refractivity contribution in [2.75, 3.05) is 18.2 Å². The average Bonchev–Trinajstić information content (AvgIpc) is 2.79. The monoisotopic (exact) mass is 308 g/mol. The number of hydrogen-bond acceptors (Lipinski definition) is 8. The Balaban J connectivity index is 2.39. The number of rotatable bonds is 5. The molecule has 112 valence electrons. The van der Waals surface area contributed by atoms with E-state index in [0.717, 1.165) is 11.3 Å². The summed E-state index contributed by atoms with van der Waals surface area (Å²) in [4.78, 5) is 20.3. The van der Waals surface area contributed by atoms with E-state index < -0.39 is 5.97 Å². The Labute approximate surface area is 126 Å². The van der Waals surface area contributed by atoms with Gasteiger partial charge >= 0.3 is 5.97 Å². The molecule has 0 bridgehead atoms. The van der Waals surface area contributed by atoms with Crippen molar-refractivity contribution in [2.24, 2.45) is 0 Å². The van der Waals surface area contributed by atoms with Gasteiger partial charge in [0, 0.05) is 11.8 Å². The largest absolute Gasteiger partial charge is 0.462 e. The number of anilines is 2. The quantitative estimate of drug-likeness (QED) is 0.512. The first kappa shape index (κ1) is 15.3. The van der Waals surface area contributed by atoms with Gasteiger partial charge in [-0.3, -0.25) is 0 Å². The zero-order valence-corrected chi connectivity index (χ0v) is 13.1.